The molecule has 0 unspecified atom stereocenters. The molecule has 0 saturated carbocycles. The van der Waals surface area contributed by atoms with Crippen molar-refractivity contribution in [2.75, 3.05) is 5.73 Å². The summed E-state index contributed by atoms with van der Waals surface area (Å²) in [6, 6.07) is 8.10. The molecule has 0 spiro atoms. The fourth-order valence-corrected chi connectivity index (χ4v) is 3.05. The average Bonchev–Trinajstić information content (AvgIpc) is 3.07. The van der Waals surface area contributed by atoms with Crippen molar-refractivity contribution in [3.63, 3.8) is 0 Å². The maximum atomic E-state index is 11.2. The first-order valence-corrected chi connectivity index (χ1v) is 7.07. The van der Waals surface area contributed by atoms with E-state index in [1.807, 2.05) is 17.5 Å². The number of aromatic nitrogens is 1. The standard InChI is InChI=1S/C13H8ClN3O3S/c14-7-3-1-4-8(17(18)19)10(7)12-11(13(15)16-20-12)9-5-2-6-21-9/h1-6H,(H2,15,16). The molecule has 0 aliphatic carbocycles. The molecule has 0 saturated heterocycles. The van der Waals surface area contributed by atoms with Crippen LogP contribution in [0.2, 0.25) is 5.02 Å². The van der Waals surface area contributed by atoms with Crippen LogP contribution >= 0.6 is 22.9 Å². The van der Waals surface area contributed by atoms with Crippen molar-refractivity contribution in [3.8, 4) is 21.8 Å². The Bertz CT molecular complexity index is 814. The fourth-order valence-electron chi connectivity index (χ4n) is 2.02. The van der Waals surface area contributed by atoms with E-state index in [-0.39, 0.29) is 27.9 Å². The van der Waals surface area contributed by atoms with Gasteiger partial charge in [-0.15, -0.1) is 11.3 Å². The van der Waals surface area contributed by atoms with Gasteiger partial charge in [0.1, 0.15) is 5.56 Å². The van der Waals surface area contributed by atoms with E-state index in [9.17, 15) is 10.1 Å². The molecular formula is C13H8ClN3O3S. The van der Waals surface area contributed by atoms with Crippen LogP contribution in [0.1, 0.15) is 0 Å². The molecular weight excluding hydrogens is 314 g/mol. The Morgan fingerprint density at radius 2 is 2.10 bits per heavy atom. The molecule has 3 aromatic rings. The smallest absolute Gasteiger partial charge is 0.282 e. The summed E-state index contributed by atoms with van der Waals surface area (Å²) in [5.41, 5.74) is 6.37. The second kappa shape index (κ2) is 5.19. The van der Waals surface area contributed by atoms with E-state index in [4.69, 9.17) is 21.9 Å². The van der Waals surface area contributed by atoms with Gasteiger partial charge in [-0.25, -0.2) is 0 Å². The Hall–Kier alpha value is -2.38. The summed E-state index contributed by atoms with van der Waals surface area (Å²) in [6.07, 6.45) is 0. The second-order valence-electron chi connectivity index (χ2n) is 4.14. The van der Waals surface area contributed by atoms with Gasteiger partial charge >= 0.3 is 0 Å². The van der Waals surface area contributed by atoms with Crippen LogP contribution in [-0.4, -0.2) is 10.1 Å². The minimum atomic E-state index is -0.516. The number of halogens is 1. The number of nitro groups is 1. The number of nitrogens with zero attached hydrogens (tertiary/aromatic N) is 2. The van der Waals surface area contributed by atoms with E-state index >= 15 is 0 Å². The summed E-state index contributed by atoms with van der Waals surface area (Å²) >= 11 is 7.55. The molecule has 106 valence electrons. The van der Waals surface area contributed by atoms with E-state index in [1.54, 1.807) is 6.07 Å². The average molecular weight is 322 g/mol. The van der Waals surface area contributed by atoms with Crippen LogP contribution < -0.4 is 5.73 Å². The molecule has 1 aromatic carbocycles. The molecule has 0 aliphatic rings. The zero-order valence-corrected chi connectivity index (χ0v) is 12.0. The zero-order chi connectivity index (χ0) is 15.0. The van der Waals surface area contributed by atoms with Gasteiger partial charge in [0.05, 0.1) is 15.5 Å². The summed E-state index contributed by atoms with van der Waals surface area (Å²) in [5, 5.41) is 17.0. The minimum Gasteiger partial charge on any atom is -0.380 e. The molecule has 0 bridgehead atoms. The molecule has 2 heterocycles. The molecule has 6 nitrogen and oxygen atoms in total. The van der Waals surface area contributed by atoms with E-state index in [1.165, 1.54) is 23.5 Å². The fraction of sp³-hybridized carbons (Fsp3) is 0. The Balaban J connectivity index is 2.31. The zero-order valence-electron chi connectivity index (χ0n) is 10.4. The summed E-state index contributed by atoms with van der Waals surface area (Å²) in [6.45, 7) is 0. The highest BCUT2D eigenvalue weighted by Gasteiger charge is 2.27. The number of rotatable bonds is 3. The topological polar surface area (TPSA) is 95.2 Å². The van der Waals surface area contributed by atoms with Gasteiger partial charge in [-0.2, -0.15) is 0 Å². The number of hydrogen-bond acceptors (Lipinski definition) is 6. The number of thiophene rings is 1. The number of hydrogen-bond donors (Lipinski definition) is 1. The number of nitro benzene ring substituents is 1. The molecule has 8 heteroatoms. The Morgan fingerprint density at radius 1 is 1.29 bits per heavy atom. The van der Waals surface area contributed by atoms with Crippen LogP contribution in [0.15, 0.2) is 40.2 Å². The van der Waals surface area contributed by atoms with Crippen molar-refractivity contribution in [3.05, 3.63) is 50.8 Å². The molecule has 0 amide bonds. The van der Waals surface area contributed by atoms with Gasteiger partial charge in [0.2, 0.25) is 0 Å². The lowest BCUT2D eigenvalue weighted by Crippen LogP contribution is -1.93. The monoisotopic (exact) mass is 321 g/mol. The van der Waals surface area contributed by atoms with Gasteiger partial charge in [0.15, 0.2) is 11.6 Å². The van der Waals surface area contributed by atoms with Crippen LogP contribution in [0.3, 0.4) is 0 Å². The lowest BCUT2D eigenvalue weighted by atomic mass is 10.1. The van der Waals surface area contributed by atoms with Gasteiger partial charge in [-0.05, 0) is 17.5 Å². The summed E-state index contributed by atoms with van der Waals surface area (Å²) in [4.78, 5) is 11.5. The second-order valence-corrected chi connectivity index (χ2v) is 5.50. The third-order valence-electron chi connectivity index (χ3n) is 2.90. The van der Waals surface area contributed by atoms with E-state index in [2.05, 4.69) is 5.16 Å². The molecule has 0 atom stereocenters. The maximum Gasteiger partial charge on any atom is 0.282 e. The first-order valence-electron chi connectivity index (χ1n) is 5.82. The van der Waals surface area contributed by atoms with Gasteiger partial charge in [0.25, 0.3) is 5.69 Å². The lowest BCUT2D eigenvalue weighted by Gasteiger charge is -2.04. The van der Waals surface area contributed by atoms with Crippen LogP contribution in [-0.2, 0) is 0 Å². The van der Waals surface area contributed by atoms with E-state index in [0.717, 1.165) is 4.88 Å². The third kappa shape index (κ3) is 2.26. The van der Waals surface area contributed by atoms with E-state index < -0.39 is 4.92 Å². The lowest BCUT2D eigenvalue weighted by molar-refractivity contribution is -0.384. The van der Waals surface area contributed by atoms with Crippen LogP contribution in [0.25, 0.3) is 21.8 Å². The van der Waals surface area contributed by atoms with Crippen LogP contribution in [0.4, 0.5) is 11.5 Å². The van der Waals surface area contributed by atoms with Gasteiger partial charge in [-0.1, -0.05) is 28.9 Å². The SMILES string of the molecule is Nc1noc(-c2c(Cl)cccc2[N+](=O)[O-])c1-c1cccs1. The number of nitrogen functional groups attached to an aromatic ring is 1. The van der Waals surface area contributed by atoms with Gasteiger partial charge < -0.3 is 10.3 Å². The third-order valence-corrected chi connectivity index (χ3v) is 4.10. The molecule has 0 aliphatic heterocycles. The molecule has 3 rings (SSSR count). The summed E-state index contributed by atoms with van der Waals surface area (Å²) in [5.74, 6) is 0.369. The predicted molar refractivity (Wildman–Crippen MR) is 81.3 cm³/mol. The highest BCUT2D eigenvalue weighted by molar-refractivity contribution is 7.13. The highest BCUT2D eigenvalue weighted by Crippen LogP contribution is 2.44. The molecule has 2 N–H and O–H groups in total. The highest BCUT2D eigenvalue weighted by atomic mass is 35.5. The van der Waals surface area contributed by atoms with E-state index in [0.29, 0.717) is 5.56 Å². The van der Waals surface area contributed by atoms with Crippen molar-refractivity contribution in [1.82, 2.24) is 5.16 Å². The van der Waals surface area contributed by atoms with Crippen LogP contribution in [0.5, 0.6) is 0 Å². The normalized spacial score (nSPS) is 10.7. The first kappa shape index (κ1) is 13.6. The predicted octanol–water partition coefficient (Wildman–Crippen LogP) is 4.21. The quantitative estimate of drug-likeness (QED) is 0.575. The molecule has 21 heavy (non-hydrogen) atoms. The minimum absolute atomic E-state index is 0.156. The summed E-state index contributed by atoms with van der Waals surface area (Å²) < 4.78 is 5.22. The molecule has 0 fully saturated rings. The summed E-state index contributed by atoms with van der Waals surface area (Å²) in [7, 11) is 0. The molecule has 0 radical (unpaired) electrons. The Labute approximate surface area is 127 Å². The van der Waals surface area contributed by atoms with Gasteiger partial charge in [0, 0.05) is 10.9 Å². The van der Waals surface area contributed by atoms with Crippen LogP contribution in [0, 0.1) is 10.1 Å². The number of nitrogens with two attached hydrogens (primary N) is 1. The van der Waals surface area contributed by atoms with Crippen molar-refractivity contribution in [1.29, 1.82) is 0 Å². The van der Waals surface area contributed by atoms with Crippen molar-refractivity contribution in [2.24, 2.45) is 0 Å². The van der Waals surface area contributed by atoms with Crippen molar-refractivity contribution < 1.29 is 9.45 Å². The largest absolute Gasteiger partial charge is 0.380 e. The Morgan fingerprint density at radius 3 is 2.76 bits per heavy atom. The number of benzene rings is 1. The molecule has 2 aromatic heterocycles. The number of anilines is 1. The first-order chi connectivity index (χ1) is 10.1. The van der Waals surface area contributed by atoms with Gasteiger partial charge in [-0.3, -0.25) is 10.1 Å². The Kier molecular flexibility index (Phi) is 3.36. The van der Waals surface area contributed by atoms with Crippen molar-refractivity contribution in [2.45, 2.75) is 0 Å². The van der Waals surface area contributed by atoms with Crippen molar-refractivity contribution >= 4 is 34.4 Å². The maximum absolute atomic E-state index is 11.2.